The average molecular weight is 379 g/mol. The SMILES string of the molecule is CC(C)(C)OC(=O)NC(C(=O)NCc1c[nH]c2ccccc12)c1ccccc1. The van der Waals surface area contributed by atoms with E-state index in [1.165, 1.54) is 0 Å². The van der Waals surface area contributed by atoms with Gasteiger partial charge in [0, 0.05) is 23.6 Å². The number of carbonyl (C=O) groups excluding carboxylic acids is 2. The number of alkyl carbamates (subject to hydrolysis) is 1. The number of rotatable bonds is 5. The summed E-state index contributed by atoms with van der Waals surface area (Å²) in [5.74, 6) is -0.303. The Morgan fingerprint density at radius 2 is 1.71 bits per heavy atom. The monoisotopic (exact) mass is 379 g/mol. The van der Waals surface area contributed by atoms with E-state index in [-0.39, 0.29) is 5.91 Å². The van der Waals surface area contributed by atoms with Crippen LogP contribution in [0, 0.1) is 0 Å². The van der Waals surface area contributed by atoms with Crippen LogP contribution >= 0.6 is 0 Å². The third-order valence-corrected chi connectivity index (χ3v) is 4.18. The van der Waals surface area contributed by atoms with Crippen molar-refractivity contribution < 1.29 is 14.3 Å². The summed E-state index contributed by atoms with van der Waals surface area (Å²) in [6, 6.07) is 16.2. The summed E-state index contributed by atoms with van der Waals surface area (Å²) >= 11 is 0. The number of H-pyrrole nitrogens is 1. The zero-order valence-corrected chi connectivity index (χ0v) is 16.3. The van der Waals surface area contributed by atoms with Crippen LogP contribution in [-0.4, -0.2) is 22.6 Å². The van der Waals surface area contributed by atoms with Crippen molar-refractivity contribution in [3.8, 4) is 0 Å². The van der Waals surface area contributed by atoms with Crippen molar-refractivity contribution in [1.82, 2.24) is 15.6 Å². The van der Waals surface area contributed by atoms with Gasteiger partial charge in [0.2, 0.25) is 5.91 Å². The first-order chi connectivity index (χ1) is 13.3. The van der Waals surface area contributed by atoms with Crippen molar-refractivity contribution in [2.75, 3.05) is 0 Å². The molecule has 0 saturated heterocycles. The average Bonchev–Trinajstić information content (AvgIpc) is 3.07. The Hall–Kier alpha value is -3.28. The summed E-state index contributed by atoms with van der Waals surface area (Å²) in [6.45, 7) is 5.69. The number of amides is 2. The van der Waals surface area contributed by atoms with Crippen LogP contribution in [0.4, 0.5) is 4.79 Å². The lowest BCUT2D eigenvalue weighted by atomic mass is 10.1. The molecule has 3 N–H and O–H groups in total. The van der Waals surface area contributed by atoms with Gasteiger partial charge in [-0.05, 0) is 38.0 Å². The molecule has 3 aromatic rings. The molecule has 28 heavy (non-hydrogen) atoms. The zero-order valence-electron chi connectivity index (χ0n) is 16.3. The predicted octanol–water partition coefficient (Wildman–Crippen LogP) is 4.05. The Morgan fingerprint density at radius 3 is 2.43 bits per heavy atom. The molecule has 6 nitrogen and oxygen atoms in total. The van der Waals surface area contributed by atoms with Crippen LogP contribution in [0.2, 0.25) is 0 Å². The Labute approximate surface area is 164 Å². The van der Waals surface area contributed by atoms with E-state index in [0.29, 0.717) is 12.1 Å². The van der Waals surface area contributed by atoms with E-state index in [0.717, 1.165) is 16.5 Å². The molecule has 2 amide bonds. The van der Waals surface area contributed by atoms with Crippen LogP contribution in [0.3, 0.4) is 0 Å². The maximum atomic E-state index is 12.9. The Morgan fingerprint density at radius 1 is 1.04 bits per heavy atom. The van der Waals surface area contributed by atoms with Gasteiger partial charge in [0.25, 0.3) is 0 Å². The van der Waals surface area contributed by atoms with Gasteiger partial charge in [-0.2, -0.15) is 0 Å². The highest BCUT2D eigenvalue weighted by molar-refractivity contribution is 5.88. The Kier molecular flexibility index (Phi) is 5.68. The van der Waals surface area contributed by atoms with E-state index in [1.54, 1.807) is 32.9 Å². The number of hydrogen-bond acceptors (Lipinski definition) is 3. The summed E-state index contributed by atoms with van der Waals surface area (Å²) in [4.78, 5) is 28.3. The van der Waals surface area contributed by atoms with Gasteiger partial charge in [-0.1, -0.05) is 48.5 Å². The molecule has 0 aliphatic rings. The first-order valence-corrected chi connectivity index (χ1v) is 9.21. The quantitative estimate of drug-likeness (QED) is 0.625. The second-order valence-corrected chi connectivity index (χ2v) is 7.57. The molecule has 0 aliphatic heterocycles. The van der Waals surface area contributed by atoms with Crippen LogP contribution in [0.1, 0.15) is 37.9 Å². The van der Waals surface area contributed by atoms with Gasteiger partial charge in [-0.3, -0.25) is 4.79 Å². The van der Waals surface area contributed by atoms with Crippen LogP contribution in [0.25, 0.3) is 10.9 Å². The van der Waals surface area contributed by atoms with Crippen LogP contribution in [0.15, 0.2) is 60.8 Å². The molecule has 3 rings (SSSR count). The number of hydrogen-bond donors (Lipinski definition) is 3. The van der Waals surface area contributed by atoms with Gasteiger partial charge >= 0.3 is 6.09 Å². The molecule has 0 bridgehead atoms. The van der Waals surface area contributed by atoms with Crippen LogP contribution < -0.4 is 10.6 Å². The van der Waals surface area contributed by atoms with E-state index in [1.807, 2.05) is 48.7 Å². The molecule has 0 aliphatic carbocycles. The Balaban J connectivity index is 1.74. The molecule has 146 valence electrons. The second-order valence-electron chi connectivity index (χ2n) is 7.57. The first-order valence-electron chi connectivity index (χ1n) is 9.21. The minimum absolute atomic E-state index is 0.303. The molecular weight excluding hydrogens is 354 g/mol. The number of carbonyl (C=O) groups is 2. The van der Waals surface area contributed by atoms with E-state index in [2.05, 4.69) is 15.6 Å². The van der Waals surface area contributed by atoms with Gasteiger partial charge in [0.1, 0.15) is 11.6 Å². The second kappa shape index (κ2) is 8.17. The third-order valence-electron chi connectivity index (χ3n) is 4.18. The van der Waals surface area contributed by atoms with E-state index in [9.17, 15) is 9.59 Å². The number of nitrogens with one attached hydrogen (secondary N) is 3. The topological polar surface area (TPSA) is 83.2 Å². The molecular formula is C22H25N3O3. The summed E-state index contributed by atoms with van der Waals surface area (Å²) in [7, 11) is 0. The fourth-order valence-electron chi connectivity index (χ4n) is 2.93. The van der Waals surface area contributed by atoms with Gasteiger partial charge < -0.3 is 20.4 Å². The molecule has 2 aromatic carbocycles. The number of benzene rings is 2. The largest absolute Gasteiger partial charge is 0.444 e. The van der Waals surface area contributed by atoms with Gasteiger partial charge in [-0.15, -0.1) is 0 Å². The Bertz CT molecular complexity index is 958. The number of fused-ring (bicyclic) bond motifs is 1. The van der Waals surface area contributed by atoms with E-state index in [4.69, 9.17) is 4.74 Å². The van der Waals surface area contributed by atoms with Crippen molar-refractivity contribution in [3.63, 3.8) is 0 Å². The summed E-state index contributed by atoms with van der Waals surface area (Å²) in [6.07, 6.45) is 1.24. The molecule has 1 heterocycles. The number of aromatic nitrogens is 1. The van der Waals surface area contributed by atoms with E-state index < -0.39 is 17.7 Å². The minimum atomic E-state index is -0.846. The maximum Gasteiger partial charge on any atom is 0.408 e. The molecule has 0 saturated carbocycles. The fourth-order valence-corrected chi connectivity index (χ4v) is 2.93. The summed E-state index contributed by atoms with van der Waals surface area (Å²) < 4.78 is 5.31. The third kappa shape index (κ3) is 4.91. The minimum Gasteiger partial charge on any atom is -0.444 e. The van der Waals surface area contributed by atoms with Crippen molar-refractivity contribution >= 4 is 22.9 Å². The highest BCUT2D eigenvalue weighted by Crippen LogP contribution is 2.19. The molecule has 0 radical (unpaired) electrons. The molecule has 0 spiro atoms. The molecule has 0 fully saturated rings. The van der Waals surface area contributed by atoms with Gasteiger partial charge in [0.15, 0.2) is 0 Å². The van der Waals surface area contributed by atoms with Crippen LogP contribution in [0.5, 0.6) is 0 Å². The fraction of sp³-hybridized carbons (Fsp3) is 0.273. The molecule has 1 unspecified atom stereocenters. The van der Waals surface area contributed by atoms with Crippen molar-refractivity contribution in [3.05, 3.63) is 71.9 Å². The van der Waals surface area contributed by atoms with Gasteiger partial charge in [0.05, 0.1) is 0 Å². The molecule has 1 atom stereocenters. The van der Waals surface area contributed by atoms with E-state index >= 15 is 0 Å². The lowest BCUT2D eigenvalue weighted by Gasteiger charge is -2.23. The lowest BCUT2D eigenvalue weighted by molar-refractivity contribution is -0.123. The highest BCUT2D eigenvalue weighted by Gasteiger charge is 2.25. The van der Waals surface area contributed by atoms with Crippen molar-refractivity contribution in [1.29, 1.82) is 0 Å². The molecule has 1 aromatic heterocycles. The highest BCUT2D eigenvalue weighted by atomic mass is 16.6. The lowest BCUT2D eigenvalue weighted by Crippen LogP contribution is -2.42. The smallest absolute Gasteiger partial charge is 0.408 e. The zero-order chi connectivity index (χ0) is 20.1. The summed E-state index contributed by atoms with van der Waals surface area (Å²) in [5.41, 5.74) is 2.03. The van der Waals surface area contributed by atoms with Gasteiger partial charge in [-0.25, -0.2) is 4.79 Å². The van der Waals surface area contributed by atoms with Crippen molar-refractivity contribution in [2.24, 2.45) is 0 Å². The first kappa shape index (κ1) is 19.5. The predicted molar refractivity (Wildman–Crippen MR) is 109 cm³/mol. The standard InChI is InChI=1S/C22H25N3O3/c1-22(2,3)28-21(27)25-19(15-9-5-4-6-10-15)20(26)24-14-16-13-23-18-12-8-7-11-17(16)18/h4-13,19,23H,14H2,1-3H3,(H,24,26)(H,25,27). The van der Waals surface area contributed by atoms with Crippen LogP contribution in [-0.2, 0) is 16.1 Å². The normalized spacial score (nSPS) is 12.4. The number of para-hydroxylation sites is 1. The molecule has 6 heteroatoms. The number of aromatic amines is 1. The van der Waals surface area contributed by atoms with Crippen molar-refractivity contribution in [2.45, 2.75) is 39.0 Å². The summed E-state index contributed by atoms with van der Waals surface area (Å²) in [5, 5.41) is 6.65. The maximum absolute atomic E-state index is 12.9. The number of ether oxygens (including phenoxy) is 1.